The van der Waals surface area contributed by atoms with Crippen molar-refractivity contribution in [2.45, 2.75) is 47.2 Å². The minimum atomic E-state index is -0.150. The van der Waals surface area contributed by atoms with Crippen LogP contribution in [0.2, 0.25) is 0 Å². The second-order valence-corrected chi connectivity index (χ2v) is 6.64. The third-order valence-electron chi connectivity index (χ3n) is 2.82. The number of thiophene rings is 1. The summed E-state index contributed by atoms with van der Waals surface area (Å²) in [6.07, 6.45) is 0. The van der Waals surface area contributed by atoms with Crippen LogP contribution >= 0.6 is 11.3 Å². The third-order valence-corrected chi connectivity index (χ3v) is 3.83. The van der Waals surface area contributed by atoms with Gasteiger partial charge in [0.15, 0.2) is 0 Å². The van der Waals surface area contributed by atoms with Gasteiger partial charge in [0.25, 0.3) is 0 Å². The Kier molecular flexibility index (Phi) is 5.82. The molecule has 0 fully saturated rings. The smallest absolute Gasteiger partial charge is 0.236 e. The van der Waals surface area contributed by atoms with Crippen LogP contribution in [0.5, 0.6) is 0 Å². The van der Waals surface area contributed by atoms with Gasteiger partial charge in [0.2, 0.25) is 5.91 Å². The second kappa shape index (κ2) is 6.90. The van der Waals surface area contributed by atoms with Gasteiger partial charge in [-0.25, -0.2) is 0 Å². The molecule has 0 saturated heterocycles. The van der Waals surface area contributed by atoms with Crippen molar-refractivity contribution >= 4 is 17.2 Å². The summed E-state index contributed by atoms with van der Waals surface area (Å²) in [6.45, 7) is 11.8. The van der Waals surface area contributed by atoms with Crippen molar-refractivity contribution in [3.63, 3.8) is 0 Å². The first-order valence-corrected chi connectivity index (χ1v) is 7.28. The fraction of sp³-hybridized carbons (Fsp3) is 0.643. The standard InChI is InChI=1S/C14H24N2OS/c1-9(2)7-16-14(17)11(4)15-8-13-6-10(3)18-12(13)5/h6,9,11,15H,7-8H2,1-5H3,(H,16,17). The number of carbonyl (C=O) groups is 1. The molecule has 1 aromatic rings. The molecule has 1 amide bonds. The molecule has 102 valence electrons. The van der Waals surface area contributed by atoms with Crippen molar-refractivity contribution in [3.05, 3.63) is 21.4 Å². The molecule has 0 aromatic carbocycles. The predicted molar refractivity (Wildman–Crippen MR) is 77.9 cm³/mol. The number of hydrogen-bond acceptors (Lipinski definition) is 3. The van der Waals surface area contributed by atoms with Gasteiger partial charge < -0.3 is 10.6 Å². The molecule has 0 radical (unpaired) electrons. The molecule has 1 unspecified atom stereocenters. The Bertz CT molecular complexity index is 398. The molecular weight excluding hydrogens is 244 g/mol. The van der Waals surface area contributed by atoms with Crippen LogP contribution in [0.4, 0.5) is 0 Å². The lowest BCUT2D eigenvalue weighted by Gasteiger charge is -2.15. The predicted octanol–water partition coefficient (Wildman–Crippen LogP) is 2.62. The summed E-state index contributed by atoms with van der Waals surface area (Å²) in [6, 6.07) is 2.04. The van der Waals surface area contributed by atoms with Gasteiger partial charge in [-0.05, 0) is 38.3 Å². The van der Waals surface area contributed by atoms with E-state index in [1.54, 1.807) is 11.3 Å². The maximum atomic E-state index is 11.8. The summed E-state index contributed by atoms with van der Waals surface area (Å²) in [4.78, 5) is 14.4. The lowest BCUT2D eigenvalue weighted by molar-refractivity contribution is -0.122. The fourth-order valence-corrected chi connectivity index (χ4v) is 2.62. The molecule has 0 aliphatic heterocycles. The van der Waals surface area contributed by atoms with E-state index in [2.05, 4.69) is 44.4 Å². The number of carbonyl (C=O) groups excluding carboxylic acids is 1. The summed E-state index contributed by atoms with van der Waals surface area (Å²) in [5, 5.41) is 6.21. The number of aryl methyl sites for hydroxylation is 2. The zero-order chi connectivity index (χ0) is 13.7. The number of rotatable bonds is 6. The molecule has 1 heterocycles. The monoisotopic (exact) mass is 268 g/mol. The zero-order valence-electron chi connectivity index (χ0n) is 12.0. The van der Waals surface area contributed by atoms with E-state index in [1.807, 2.05) is 6.92 Å². The first-order chi connectivity index (χ1) is 8.40. The SMILES string of the molecule is Cc1cc(CNC(C)C(=O)NCC(C)C)c(C)s1. The fourth-order valence-electron chi connectivity index (χ4n) is 1.67. The minimum absolute atomic E-state index is 0.0771. The topological polar surface area (TPSA) is 41.1 Å². The van der Waals surface area contributed by atoms with Gasteiger partial charge in [0.05, 0.1) is 6.04 Å². The van der Waals surface area contributed by atoms with Crippen LogP contribution in [-0.4, -0.2) is 18.5 Å². The third kappa shape index (κ3) is 4.78. The van der Waals surface area contributed by atoms with E-state index in [0.717, 1.165) is 13.1 Å². The van der Waals surface area contributed by atoms with Gasteiger partial charge in [-0.3, -0.25) is 4.79 Å². The van der Waals surface area contributed by atoms with Crippen molar-refractivity contribution in [2.24, 2.45) is 5.92 Å². The largest absolute Gasteiger partial charge is 0.354 e. The summed E-state index contributed by atoms with van der Waals surface area (Å²) in [5.41, 5.74) is 1.29. The quantitative estimate of drug-likeness (QED) is 0.832. The number of hydrogen-bond donors (Lipinski definition) is 2. The Hall–Kier alpha value is -0.870. The van der Waals surface area contributed by atoms with Crippen LogP contribution in [-0.2, 0) is 11.3 Å². The van der Waals surface area contributed by atoms with Crippen LogP contribution in [0.3, 0.4) is 0 Å². The zero-order valence-corrected chi connectivity index (χ0v) is 12.8. The summed E-state index contributed by atoms with van der Waals surface area (Å²) >= 11 is 1.80. The molecule has 0 saturated carbocycles. The van der Waals surface area contributed by atoms with E-state index in [0.29, 0.717) is 5.92 Å². The first kappa shape index (κ1) is 15.2. The first-order valence-electron chi connectivity index (χ1n) is 6.47. The van der Waals surface area contributed by atoms with E-state index in [1.165, 1.54) is 15.3 Å². The maximum Gasteiger partial charge on any atom is 0.236 e. The molecule has 3 nitrogen and oxygen atoms in total. The van der Waals surface area contributed by atoms with Crippen molar-refractivity contribution in [2.75, 3.05) is 6.54 Å². The van der Waals surface area contributed by atoms with Crippen LogP contribution < -0.4 is 10.6 Å². The molecule has 1 rings (SSSR count). The van der Waals surface area contributed by atoms with Crippen molar-refractivity contribution in [3.8, 4) is 0 Å². The van der Waals surface area contributed by atoms with Gasteiger partial charge in [-0.2, -0.15) is 0 Å². The minimum Gasteiger partial charge on any atom is -0.354 e. The van der Waals surface area contributed by atoms with Crippen LogP contribution in [0, 0.1) is 19.8 Å². The van der Waals surface area contributed by atoms with E-state index in [-0.39, 0.29) is 11.9 Å². The lowest BCUT2D eigenvalue weighted by atomic mass is 10.2. The molecule has 0 aliphatic rings. The molecule has 18 heavy (non-hydrogen) atoms. The van der Waals surface area contributed by atoms with E-state index in [4.69, 9.17) is 0 Å². The average molecular weight is 268 g/mol. The van der Waals surface area contributed by atoms with Crippen molar-refractivity contribution in [1.29, 1.82) is 0 Å². The van der Waals surface area contributed by atoms with E-state index in [9.17, 15) is 4.79 Å². The molecule has 0 aliphatic carbocycles. The average Bonchev–Trinajstić information content (AvgIpc) is 2.61. The van der Waals surface area contributed by atoms with Crippen molar-refractivity contribution < 1.29 is 4.79 Å². The van der Waals surface area contributed by atoms with Crippen molar-refractivity contribution in [1.82, 2.24) is 10.6 Å². The van der Waals surface area contributed by atoms with Crippen LogP contribution in [0.15, 0.2) is 6.07 Å². The van der Waals surface area contributed by atoms with Gasteiger partial charge in [0.1, 0.15) is 0 Å². The maximum absolute atomic E-state index is 11.8. The highest BCUT2D eigenvalue weighted by atomic mass is 32.1. The van der Waals surface area contributed by atoms with E-state index < -0.39 is 0 Å². The number of amides is 1. The normalized spacial score (nSPS) is 12.8. The second-order valence-electron chi connectivity index (χ2n) is 5.18. The van der Waals surface area contributed by atoms with Gasteiger partial charge >= 0.3 is 0 Å². The Balaban J connectivity index is 2.38. The number of nitrogens with one attached hydrogen (secondary N) is 2. The summed E-state index contributed by atoms with van der Waals surface area (Å²) in [5.74, 6) is 0.566. The Morgan fingerprint density at radius 3 is 2.50 bits per heavy atom. The Morgan fingerprint density at radius 1 is 1.33 bits per heavy atom. The molecule has 2 N–H and O–H groups in total. The molecule has 1 aromatic heterocycles. The van der Waals surface area contributed by atoms with Crippen LogP contribution in [0.1, 0.15) is 36.1 Å². The van der Waals surface area contributed by atoms with Gasteiger partial charge in [-0.1, -0.05) is 13.8 Å². The molecule has 4 heteroatoms. The molecular formula is C14H24N2OS. The summed E-state index contributed by atoms with van der Waals surface area (Å²) < 4.78 is 0. The lowest BCUT2D eigenvalue weighted by Crippen LogP contribution is -2.42. The Labute approximate surface area is 114 Å². The van der Waals surface area contributed by atoms with Crippen LogP contribution in [0.25, 0.3) is 0 Å². The molecule has 0 spiro atoms. The highest BCUT2D eigenvalue weighted by molar-refractivity contribution is 7.12. The molecule has 1 atom stereocenters. The highest BCUT2D eigenvalue weighted by Gasteiger charge is 2.13. The van der Waals surface area contributed by atoms with Gasteiger partial charge in [0, 0.05) is 22.8 Å². The van der Waals surface area contributed by atoms with E-state index >= 15 is 0 Å². The summed E-state index contributed by atoms with van der Waals surface area (Å²) in [7, 11) is 0. The Morgan fingerprint density at radius 2 is 2.00 bits per heavy atom. The highest BCUT2D eigenvalue weighted by Crippen LogP contribution is 2.20. The molecule has 0 bridgehead atoms. The van der Waals surface area contributed by atoms with Gasteiger partial charge in [-0.15, -0.1) is 11.3 Å².